The Labute approximate surface area is 218 Å². The van der Waals surface area contributed by atoms with Crippen molar-refractivity contribution >= 4 is 18.0 Å². The molecule has 1 N–H and O–H groups in total. The van der Waals surface area contributed by atoms with Crippen molar-refractivity contribution in [3.8, 4) is 11.5 Å². The van der Waals surface area contributed by atoms with Gasteiger partial charge in [-0.1, -0.05) is 103 Å². The van der Waals surface area contributed by atoms with Gasteiger partial charge in [-0.25, -0.2) is 4.79 Å². The molecule has 202 valence electrons. The summed E-state index contributed by atoms with van der Waals surface area (Å²) in [6, 6.07) is 5.04. The molecule has 1 heterocycles. The Morgan fingerprint density at radius 2 is 1.31 bits per heavy atom. The number of imide groups is 1. The van der Waals surface area contributed by atoms with Gasteiger partial charge in [0.25, 0.3) is 5.91 Å². The third-order valence-corrected chi connectivity index (χ3v) is 6.84. The van der Waals surface area contributed by atoms with E-state index in [9.17, 15) is 9.59 Å². The Bertz CT molecular complexity index is 834. The maximum absolute atomic E-state index is 12.7. The molecule has 0 aliphatic carbocycles. The Balaban J connectivity index is 1.55. The van der Waals surface area contributed by atoms with Gasteiger partial charge in [0.2, 0.25) is 0 Å². The number of amides is 3. The van der Waals surface area contributed by atoms with Crippen molar-refractivity contribution < 1.29 is 19.1 Å². The molecule has 0 bridgehead atoms. The minimum Gasteiger partial charge on any atom is -0.493 e. The summed E-state index contributed by atoms with van der Waals surface area (Å²) in [6.07, 6.45) is 19.6. The van der Waals surface area contributed by atoms with Crippen LogP contribution in [0, 0.1) is 5.92 Å². The number of carbonyl (C=O) groups is 2. The van der Waals surface area contributed by atoms with Crippen molar-refractivity contribution in [3.63, 3.8) is 0 Å². The fourth-order valence-electron chi connectivity index (χ4n) is 4.65. The number of rotatable bonds is 19. The average molecular weight is 501 g/mol. The van der Waals surface area contributed by atoms with Crippen LogP contribution in [0.1, 0.15) is 109 Å². The van der Waals surface area contributed by atoms with E-state index < -0.39 is 0 Å². The van der Waals surface area contributed by atoms with E-state index in [2.05, 4.69) is 19.2 Å². The molecule has 36 heavy (non-hydrogen) atoms. The van der Waals surface area contributed by atoms with Crippen LogP contribution in [-0.2, 0) is 4.79 Å². The predicted molar refractivity (Wildman–Crippen MR) is 147 cm³/mol. The third kappa shape index (κ3) is 10.6. The minimum absolute atomic E-state index is 0.269. The number of carbonyl (C=O) groups excluding carboxylic acids is 2. The Morgan fingerprint density at radius 1 is 0.778 bits per heavy atom. The molecule has 0 radical (unpaired) electrons. The molecular formula is C30H48N2O4. The van der Waals surface area contributed by atoms with Gasteiger partial charge >= 0.3 is 6.03 Å². The number of methoxy groups -OCH3 is 2. The lowest BCUT2D eigenvalue weighted by Gasteiger charge is -2.11. The van der Waals surface area contributed by atoms with Crippen molar-refractivity contribution in [1.29, 1.82) is 0 Å². The number of benzene rings is 1. The first-order valence-electron chi connectivity index (χ1n) is 14.0. The fraction of sp³-hybridized carbons (Fsp3) is 0.667. The van der Waals surface area contributed by atoms with Crippen LogP contribution < -0.4 is 14.8 Å². The maximum atomic E-state index is 12.7. The lowest BCUT2D eigenvalue weighted by atomic mass is 10.0. The number of unbranched alkanes of at least 4 members (excludes halogenated alkanes) is 12. The fourth-order valence-corrected chi connectivity index (χ4v) is 4.65. The summed E-state index contributed by atoms with van der Waals surface area (Å²) in [5, 5.41) is 2.70. The highest BCUT2D eigenvalue weighted by Crippen LogP contribution is 2.28. The standard InChI is InChI=1S/C30H48N2O4/c1-24(2)18-16-14-12-10-8-6-5-7-9-11-13-15-17-21-32-29(33)26(31-30(32)34)22-25-19-20-27(35-3)28(23-25)36-4/h19-20,22-24H,5-18,21H2,1-4H3,(H,31,34). The van der Waals surface area contributed by atoms with E-state index in [1.165, 1.54) is 75.5 Å². The second-order valence-corrected chi connectivity index (χ2v) is 10.3. The number of nitrogens with one attached hydrogen (secondary N) is 1. The maximum Gasteiger partial charge on any atom is 0.329 e. The summed E-state index contributed by atoms with van der Waals surface area (Å²) in [4.78, 5) is 26.3. The van der Waals surface area contributed by atoms with Gasteiger partial charge in [-0.05, 0) is 36.1 Å². The molecule has 1 aromatic carbocycles. The van der Waals surface area contributed by atoms with E-state index >= 15 is 0 Å². The molecule has 1 aliphatic rings. The van der Waals surface area contributed by atoms with Gasteiger partial charge in [-0.3, -0.25) is 9.69 Å². The summed E-state index contributed by atoms with van der Waals surface area (Å²) in [5.74, 6) is 1.77. The van der Waals surface area contributed by atoms with Gasteiger partial charge < -0.3 is 14.8 Å². The lowest BCUT2D eigenvalue weighted by molar-refractivity contribution is -0.122. The van der Waals surface area contributed by atoms with Gasteiger partial charge in [0.15, 0.2) is 11.5 Å². The van der Waals surface area contributed by atoms with Crippen LogP contribution in [0.3, 0.4) is 0 Å². The first kappa shape index (κ1) is 29.7. The normalized spacial score (nSPS) is 14.7. The molecule has 0 unspecified atom stereocenters. The predicted octanol–water partition coefficient (Wildman–Crippen LogP) is 7.71. The first-order valence-corrected chi connectivity index (χ1v) is 14.0. The number of urea groups is 1. The zero-order valence-electron chi connectivity index (χ0n) is 23.1. The van der Waals surface area contributed by atoms with Gasteiger partial charge in [-0.15, -0.1) is 0 Å². The van der Waals surface area contributed by atoms with Gasteiger partial charge in [0.05, 0.1) is 14.2 Å². The highest BCUT2D eigenvalue weighted by Gasteiger charge is 2.32. The summed E-state index contributed by atoms with van der Waals surface area (Å²) >= 11 is 0. The van der Waals surface area contributed by atoms with Crippen LogP contribution in [0.2, 0.25) is 0 Å². The summed E-state index contributed by atoms with van der Waals surface area (Å²) in [5.41, 5.74) is 1.06. The second-order valence-electron chi connectivity index (χ2n) is 10.3. The van der Waals surface area contributed by atoms with Crippen molar-refractivity contribution in [2.45, 2.75) is 104 Å². The van der Waals surface area contributed by atoms with E-state index in [4.69, 9.17) is 9.47 Å². The van der Waals surface area contributed by atoms with Crippen molar-refractivity contribution in [2.75, 3.05) is 20.8 Å². The Kier molecular flexibility index (Phi) is 14.1. The van der Waals surface area contributed by atoms with Crippen molar-refractivity contribution in [3.05, 3.63) is 29.5 Å². The third-order valence-electron chi connectivity index (χ3n) is 6.84. The highest BCUT2D eigenvalue weighted by molar-refractivity contribution is 6.13. The first-order chi connectivity index (χ1) is 17.5. The Morgan fingerprint density at radius 3 is 1.83 bits per heavy atom. The van der Waals surface area contributed by atoms with E-state index in [1.54, 1.807) is 32.4 Å². The zero-order chi connectivity index (χ0) is 26.2. The highest BCUT2D eigenvalue weighted by atomic mass is 16.5. The molecule has 6 heteroatoms. The van der Waals surface area contributed by atoms with Crippen LogP contribution in [-0.4, -0.2) is 37.6 Å². The topological polar surface area (TPSA) is 67.9 Å². The molecule has 1 aliphatic heterocycles. The molecule has 6 nitrogen and oxygen atoms in total. The number of ether oxygens (including phenoxy) is 2. The average Bonchev–Trinajstić information content (AvgIpc) is 3.13. The van der Waals surface area contributed by atoms with Crippen LogP contribution in [0.15, 0.2) is 23.9 Å². The molecule has 2 rings (SSSR count). The SMILES string of the molecule is COc1ccc(C=C2NC(=O)N(CCCCCCCCCCCCCCCC(C)C)C2=O)cc1OC. The number of hydrogen-bond acceptors (Lipinski definition) is 4. The van der Waals surface area contributed by atoms with Gasteiger partial charge in [-0.2, -0.15) is 0 Å². The monoisotopic (exact) mass is 500 g/mol. The zero-order valence-corrected chi connectivity index (χ0v) is 23.1. The van der Waals surface area contributed by atoms with Crippen LogP contribution >= 0.6 is 0 Å². The smallest absolute Gasteiger partial charge is 0.329 e. The van der Waals surface area contributed by atoms with E-state index in [1.807, 2.05) is 6.07 Å². The van der Waals surface area contributed by atoms with Crippen LogP contribution in [0.5, 0.6) is 11.5 Å². The molecule has 1 saturated heterocycles. The Hall–Kier alpha value is -2.50. The van der Waals surface area contributed by atoms with E-state index in [-0.39, 0.29) is 11.9 Å². The summed E-state index contributed by atoms with van der Waals surface area (Å²) in [6.45, 7) is 5.08. The molecule has 1 aromatic rings. The van der Waals surface area contributed by atoms with E-state index in [0.29, 0.717) is 23.7 Å². The molecule has 0 aromatic heterocycles. The van der Waals surface area contributed by atoms with Crippen molar-refractivity contribution in [1.82, 2.24) is 10.2 Å². The molecule has 3 amide bonds. The number of hydrogen-bond donors (Lipinski definition) is 1. The molecular weight excluding hydrogens is 452 g/mol. The quantitative estimate of drug-likeness (QED) is 0.120. The van der Waals surface area contributed by atoms with Crippen molar-refractivity contribution in [2.24, 2.45) is 5.92 Å². The lowest BCUT2D eigenvalue weighted by Crippen LogP contribution is -2.31. The molecule has 0 spiro atoms. The van der Waals surface area contributed by atoms with Crippen LogP contribution in [0.25, 0.3) is 6.08 Å². The minimum atomic E-state index is -0.341. The second kappa shape index (κ2) is 17.0. The van der Waals surface area contributed by atoms with E-state index in [0.717, 1.165) is 30.7 Å². The van der Waals surface area contributed by atoms with Gasteiger partial charge in [0, 0.05) is 6.54 Å². The summed E-state index contributed by atoms with van der Waals surface area (Å²) < 4.78 is 10.6. The van der Waals surface area contributed by atoms with Crippen LogP contribution in [0.4, 0.5) is 4.79 Å². The molecule has 0 saturated carbocycles. The summed E-state index contributed by atoms with van der Waals surface area (Å²) in [7, 11) is 3.14. The molecule has 1 fully saturated rings. The number of nitrogens with zero attached hydrogens (tertiary/aromatic N) is 1. The van der Waals surface area contributed by atoms with Gasteiger partial charge in [0.1, 0.15) is 5.70 Å². The largest absolute Gasteiger partial charge is 0.493 e. The molecule has 0 atom stereocenters.